The molecule has 1 aliphatic heterocycles. The van der Waals surface area contributed by atoms with Gasteiger partial charge in [-0.1, -0.05) is 31.0 Å². The molecule has 8 heteroatoms. The molecule has 1 atom stereocenters. The van der Waals surface area contributed by atoms with Gasteiger partial charge >= 0.3 is 6.18 Å². The summed E-state index contributed by atoms with van der Waals surface area (Å²) in [5.41, 5.74) is -1.38. The van der Waals surface area contributed by atoms with E-state index < -0.39 is 33.0 Å². The number of likely N-dealkylation sites (N-methyl/N-ethyl adjacent to an activating group) is 1. The molecule has 0 unspecified atom stereocenters. The molecule has 1 saturated carbocycles. The minimum Gasteiger partial charge on any atom is -0.341 e. The molecule has 1 amide bonds. The van der Waals surface area contributed by atoms with Gasteiger partial charge in [0.1, 0.15) is 0 Å². The van der Waals surface area contributed by atoms with E-state index in [1.54, 1.807) is 13.1 Å². The van der Waals surface area contributed by atoms with Crippen molar-refractivity contribution in [3.05, 3.63) is 35.4 Å². The summed E-state index contributed by atoms with van der Waals surface area (Å²) < 4.78 is 62.8. The average molecular weight is 389 g/mol. The Morgan fingerprint density at radius 3 is 2.42 bits per heavy atom. The zero-order valence-corrected chi connectivity index (χ0v) is 15.4. The summed E-state index contributed by atoms with van der Waals surface area (Å²) in [4.78, 5) is 14.7. The fourth-order valence-corrected chi connectivity index (χ4v) is 5.96. The molecule has 1 heterocycles. The number of alkyl halides is 3. The van der Waals surface area contributed by atoms with Crippen LogP contribution in [0.1, 0.15) is 43.2 Å². The molecule has 1 saturated heterocycles. The van der Waals surface area contributed by atoms with Crippen molar-refractivity contribution >= 4 is 15.7 Å². The zero-order valence-electron chi connectivity index (χ0n) is 14.6. The number of benzene rings is 1. The highest BCUT2D eigenvalue weighted by Gasteiger charge is 2.47. The molecule has 1 aliphatic carbocycles. The largest absolute Gasteiger partial charge is 0.416 e. The monoisotopic (exact) mass is 389 g/mol. The fourth-order valence-electron chi connectivity index (χ4n) is 4.18. The summed E-state index contributed by atoms with van der Waals surface area (Å²) in [7, 11) is -1.58. The lowest BCUT2D eigenvalue weighted by Gasteiger charge is -2.35. The van der Waals surface area contributed by atoms with Crippen LogP contribution in [-0.2, 0) is 26.2 Å². The van der Waals surface area contributed by atoms with Crippen LogP contribution >= 0.6 is 0 Å². The van der Waals surface area contributed by atoms with Gasteiger partial charge in [0.15, 0.2) is 9.84 Å². The van der Waals surface area contributed by atoms with E-state index >= 15 is 0 Å². The van der Waals surface area contributed by atoms with Gasteiger partial charge in [-0.05, 0) is 30.9 Å². The van der Waals surface area contributed by atoms with E-state index in [-0.39, 0.29) is 17.4 Å². The third kappa shape index (κ3) is 3.48. The number of sulfone groups is 1. The second-order valence-electron chi connectivity index (χ2n) is 7.34. The standard InChI is InChI=1S/C18H22F3NO3S/c1-22(15-7-10-26(24,25)12-15)16(23)17(8-2-3-9-17)13-5-4-6-14(11-13)18(19,20)21/h4-6,11,15H,2-3,7-10,12H2,1H3/t15-/m0/s1. The number of amides is 1. The van der Waals surface area contributed by atoms with Crippen LogP contribution in [0, 0.1) is 0 Å². The molecular weight excluding hydrogens is 367 g/mol. The summed E-state index contributed by atoms with van der Waals surface area (Å²) in [5, 5.41) is 0. The lowest BCUT2D eigenvalue weighted by Crippen LogP contribution is -2.48. The molecule has 0 spiro atoms. The first-order chi connectivity index (χ1) is 12.1. The molecule has 2 fully saturated rings. The molecule has 144 valence electrons. The van der Waals surface area contributed by atoms with Gasteiger partial charge in [0.05, 0.1) is 22.5 Å². The molecule has 0 N–H and O–H groups in total. The number of carbonyl (C=O) groups excluding carboxylic acids is 1. The number of carbonyl (C=O) groups is 1. The number of nitrogens with zero attached hydrogens (tertiary/aromatic N) is 1. The van der Waals surface area contributed by atoms with Gasteiger partial charge in [0.2, 0.25) is 5.91 Å². The molecule has 1 aromatic carbocycles. The van der Waals surface area contributed by atoms with Gasteiger partial charge in [-0.25, -0.2) is 8.42 Å². The van der Waals surface area contributed by atoms with Gasteiger partial charge in [-0.2, -0.15) is 13.2 Å². The average Bonchev–Trinajstić information content (AvgIpc) is 3.20. The van der Waals surface area contributed by atoms with Crippen LogP contribution in [-0.4, -0.2) is 43.8 Å². The SMILES string of the molecule is CN(C(=O)C1(c2cccc(C(F)(F)F)c2)CCCC1)[C@H]1CCS(=O)(=O)C1. The quantitative estimate of drug-likeness (QED) is 0.798. The first kappa shape index (κ1) is 19.2. The van der Waals surface area contributed by atoms with Crippen LogP contribution in [0.5, 0.6) is 0 Å². The normalized spacial score (nSPS) is 24.5. The smallest absolute Gasteiger partial charge is 0.341 e. The second-order valence-corrected chi connectivity index (χ2v) is 9.57. The number of hydrogen-bond acceptors (Lipinski definition) is 3. The van der Waals surface area contributed by atoms with E-state index in [1.165, 1.54) is 11.0 Å². The maximum atomic E-state index is 13.3. The Morgan fingerprint density at radius 1 is 1.23 bits per heavy atom. The van der Waals surface area contributed by atoms with Crippen molar-refractivity contribution in [2.45, 2.75) is 49.7 Å². The van der Waals surface area contributed by atoms with E-state index in [2.05, 4.69) is 0 Å². The van der Waals surface area contributed by atoms with Crippen molar-refractivity contribution < 1.29 is 26.4 Å². The molecule has 0 bridgehead atoms. The van der Waals surface area contributed by atoms with Crippen LogP contribution < -0.4 is 0 Å². The maximum absolute atomic E-state index is 13.3. The summed E-state index contributed by atoms with van der Waals surface area (Å²) in [6, 6.07) is 4.59. The van der Waals surface area contributed by atoms with Gasteiger partial charge < -0.3 is 4.90 Å². The molecule has 0 aromatic heterocycles. The van der Waals surface area contributed by atoms with Crippen molar-refractivity contribution in [1.82, 2.24) is 4.90 Å². The number of rotatable bonds is 3. The van der Waals surface area contributed by atoms with E-state index in [9.17, 15) is 26.4 Å². The third-order valence-corrected chi connectivity index (χ3v) is 7.44. The third-order valence-electron chi connectivity index (χ3n) is 5.69. The van der Waals surface area contributed by atoms with Crippen molar-refractivity contribution in [2.75, 3.05) is 18.6 Å². The van der Waals surface area contributed by atoms with Gasteiger partial charge in [-0.15, -0.1) is 0 Å². The predicted octanol–water partition coefficient (Wildman–Crippen LogP) is 3.16. The first-order valence-corrected chi connectivity index (χ1v) is 10.5. The van der Waals surface area contributed by atoms with Crippen molar-refractivity contribution in [3.63, 3.8) is 0 Å². The molecule has 3 rings (SSSR count). The topological polar surface area (TPSA) is 54.5 Å². The number of hydrogen-bond donors (Lipinski definition) is 0. The number of halogens is 3. The molecular formula is C18H22F3NO3S. The molecule has 0 radical (unpaired) electrons. The zero-order chi connectivity index (χ0) is 19.2. The predicted molar refractivity (Wildman–Crippen MR) is 91.4 cm³/mol. The van der Waals surface area contributed by atoms with Crippen LogP contribution in [0.25, 0.3) is 0 Å². The van der Waals surface area contributed by atoms with Crippen molar-refractivity contribution in [2.24, 2.45) is 0 Å². The highest BCUT2D eigenvalue weighted by Crippen LogP contribution is 2.44. The molecule has 4 nitrogen and oxygen atoms in total. The Kier molecular flexibility index (Phi) is 4.83. The van der Waals surface area contributed by atoms with Crippen LogP contribution in [0.3, 0.4) is 0 Å². The first-order valence-electron chi connectivity index (χ1n) is 8.71. The van der Waals surface area contributed by atoms with Gasteiger partial charge in [-0.3, -0.25) is 4.79 Å². The van der Waals surface area contributed by atoms with Crippen molar-refractivity contribution in [1.29, 1.82) is 0 Å². The summed E-state index contributed by atoms with van der Waals surface area (Å²) in [6.45, 7) is 0. The Labute approximate surface area is 151 Å². The van der Waals surface area contributed by atoms with Crippen molar-refractivity contribution in [3.8, 4) is 0 Å². The maximum Gasteiger partial charge on any atom is 0.416 e. The van der Waals surface area contributed by atoms with E-state index in [0.717, 1.165) is 25.0 Å². The lowest BCUT2D eigenvalue weighted by molar-refractivity contribution is -0.139. The molecule has 1 aromatic rings. The van der Waals surface area contributed by atoms with Crippen LogP contribution in [0.2, 0.25) is 0 Å². The van der Waals surface area contributed by atoms with Crippen LogP contribution in [0.4, 0.5) is 13.2 Å². The molecule has 26 heavy (non-hydrogen) atoms. The Bertz CT molecular complexity index is 798. The minimum absolute atomic E-state index is 0.0475. The fraction of sp³-hybridized carbons (Fsp3) is 0.611. The van der Waals surface area contributed by atoms with Gasteiger partial charge in [0.25, 0.3) is 0 Å². The van der Waals surface area contributed by atoms with E-state index in [1.807, 2.05) is 0 Å². The van der Waals surface area contributed by atoms with E-state index in [4.69, 9.17) is 0 Å². The Morgan fingerprint density at radius 2 is 1.88 bits per heavy atom. The second kappa shape index (κ2) is 6.55. The highest BCUT2D eigenvalue weighted by atomic mass is 32.2. The van der Waals surface area contributed by atoms with E-state index in [0.29, 0.717) is 24.8 Å². The summed E-state index contributed by atoms with van der Waals surface area (Å²) in [6.07, 6.45) is -1.60. The minimum atomic E-state index is -4.47. The summed E-state index contributed by atoms with van der Waals surface area (Å²) in [5.74, 6) is -0.295. The Hall–Kier alpha value is -1.57. The molecule has 2 aliphatic rings. The lowest BCUT2D eigenvalue weighted by atomic mass is 9.76. The highest BCUT2D eigenvalue weighted by molar-refractivity contribution is 7.91. The van der Waals surface area contributed by atoms with Crippen LogP contribution in [0.15, 0.2) is 24.3 Å². The summed E-state index contributed by atoms with van der Waals surface area (Å²) >= 11 is 0. The Balaban J connectivity index is 1.94. The van der Waals surface area contributed by atoms with Gasteiger partial charge in [0, 0.05) is 13.1 Å².